The van der Waals surface area contributed by atoms with E-state index in [1.54, 1.807) is 29.1 Å². The van der Waals surface area contributed by atoms with Crippen molar-refractivity contribution in [1.82, 2.24) is 14.8 Å². The molecule has 0 fully saturated rings. The van der Waals surface area contributed by atoms with E-state index in [1.165, 1.54) is 21.3 Å². The highest BCUT2D eigenvalue weighted by atomic mass is 16.5. The lowest BCUT2D eigenvalue weighted by molar-refractivity contribution is -0.115. The second-order valence-electron chi connectivity index (χ2n) is 6.50. The van der Waals surface area contributed by atoms with E-state index in [-0.39, 0.29) is 12.3 Å². The van der Waals surface area contributed by atoms with Crippen molar-refractivity contribution < 1.29 is 19.0 Å². The molecule has 0 spiro atoms. The van der Waals surface area contributed by atoms with Crippen LogP contribution in [-0.2, 0) is 11.2 Å². The van der Waals surface area contributed by atoms with E-state index in [0.717, 1.165) is 17.0 Å². The smallest absolute Gasteiger partial charge is 0.228 e. The Labute approximate surface area is 169 Å². The van der Waals surface area contributed by atoms with Crippen LogP contribution in [0.4, 0.5) is 5.69 Å². The van der Waals surface area contributed by atoms with Crippen molar-refractivity contribution >= 4 is 11.6 Å². The highest BCUT2D eigenvalue weighted by molar-refractivity contribution is 5.92. The van der Waals surface area contributed by atoms with Gasteiger partial charge >= 0.3 is 0 Å². The zero-order chi connectivity index (χ0) is 21.0. The van der Waals surface area contributed by atoms with E-state index in [2.05, 4.69) is 15.4 Å². The van der Waals surface area contributed by atoms with Gasteiger partial charge in [-0.1, -0.05) is 0 Å². The summed E-state index contributed by atoms with van der Waals surface area (Å²) in [7, 11) is 4.61. The summed E-state index contributed by atoms with van der Waals surface area (Å²) < 4.78 is 17.7. The molecule has 0 aliphatic heterocycles. The van der Waals surface area contributed by atoms with Gasteiger partial charge in [-0.2, -0.15) is 5.10 Å². The van der Waals surface area contributed by atoms with Crippen molar-refractivity contribution in [3.05, 3.63) is 53.5 Å². The van der Waals surface area contributed by atoms with Crippen LogP contribution in [0.5, 0.6) is 17.2 Å². The lowest BCUT2D eigenvalue weighted by Crippen LogP contribution is -2.15. The van der Waals surface area contributed by atoms with Crippen LogP contribution >= 0.6 is 0 Å². The number of methoxy groups -OCH3 is 3. The summed E-state index contributed by atoms with van der Waals surface area (Å²) in [5, 5.41) is 7.25. The minimum atomic E-state index is -0.181. The molecular weight excluding hydrogens is 372 g/mol. The van der Waals surface area contributed by atoms with Crippen molar-refractivity contribution in [3.63, 3.8) is 0 Å². The first-order valence-electron chi connectivity index (χ1n) is 9.03. The maximum absolute atomic E-state index is 12.5. The van der Waals surface area contributed by atoms with E-state index in [9.17, 15) is 4.79 Å². The zero-order valence-corrected chi connectivity index (χ0v) is 17.1. The first kappa shape index (κ1) is 20.2. The lowest BCUT2D eigenvalue weighted by Gasteiger charge is -2.14. The number of nitrogens with one attached hydrogen (secondary N) is 1. The molecule has 0 bridgehead atoms. The summed E-state index contributed by atoms with van der Waals surface area (Å²) in [6.07, 6.45) is 1.76. The maximum atomic E-state index is 12.5. The number of nitrogens with zero attached hydrogens (tertiary/aromatic N) is 3. The number of carbonyl (C=O) groups excluding carboxylic acids is 1. The Kier molecular flexibility index (Phi) is 6.01. The molecule has 3 rings (SSSR count). The van der Waals surface area contributed by atoms with E-state index >= 15 is 0 Å². The number of benzene rings is 1. The van der Waals surface area contributed by atoms with Gasteiger partial charge < -0.3 is 19.5 Å². The summed E-state index contributed by atoms with van der Waals surface area (Å²) in [5.74, 6) is 2.01. The molecule has 3 aromatic rings. The molecule has 29 heavy (non-hydrogen) atoms. The molecule has 0 aliphatic rings. The van der Waals surface area contributed by atoms with Crippen molar-refractivity contribution in [3.8, 4) is 23.1 Å². The van der Waals surface area contributed by atoms with Crippen molar-refractivity contribution in [2.45, 2.75) is 20.3 Å². The molecule has 0 saturated carbocycles. The highest BCUT2D eigenvalue weighted by Crippen LogP contribution is 2.38. The molecule has 152 valence electrons. The Hall–Kier alpha value is -3.55. The third-order valence-electron chi connectivity index (χ3n) is 4.35. The number of amides is 1. The minimum Gasteiger partial charge on any atom is -0.493 e. The van der Waals surface area contributed by atoms with E-state index in [4.69, 9.17) is 14.2 Å². The Balaban J connectivity index is 1.72. The van der Waals surface area contributed by atoms with Crippen LogP contribution in [0.25, 0.3) is 5.82 Å². The average Bonchev–Trinajstić information content (AvgIpc) is 3.05. The van der Waals surface area contributed by atoms with Crippen LogP contribution in [0, 0.1) is 13.8 Å². The Morgan fingerprint density at radius 1 is 1.03 bits per heavy atom. The fourth-order valence-corrected chi connectivity index (χ4v) is 3.07. The number of pyridine rings is 1. The quantitative estimate of drug-likeness (QED) is 0.660. The lowest BCUT2D eigenvalue weighted by atomic mass is 10.1. The number of hydrogen-bond donors (Lipinski definition) is 1. The number of aryl methyl sites for hydroxylation is 2. The summed E-state index contributed by atoms with van der Waals surface area (Å²) in [5.41, 5.74) is 3.26. The number of anilines is 1. The van der Waals surface area contributed by atoms with Crippen molar-refractivity contribution in [1.29, 1.82) is 0 Å². The first-order valence-corrected chi connectivity index (χ1v) is 9.03. The first-order chi connectivity index (χ1) is 13.9. The standard InChI is InChI=1S/C21H24N4O4/c1-13-8-14(2)25(24-13)19-7-6-16(12-22-19)23-20(26)11-15-9-17(27-3)21(29-5)18(10-15)28-4/h6-10,12H,11H2,1-5H3,(H,23,26). The number of aromatic nitrogens is 3. The molecular formula is C21H24N4O4. The molecule has 8 nitrogen and oxygen atoms in total. The number of ether oxygens (including phenoxy) is 3. The molecule has 0 saturated heterocycles. The number of hydrogen-bond acceptors (Lipinski definition) is 6. The molecule has 0 atom stereocenters. The fraction of sp³-hybridized carbons (Fsp3) is 0.286. The molecule has 0 aliphatic carbocycles. The Morgan fingerprint density at radius 2 is 1.72 bits per heavy atom. The van der Waals surface area contributed by atoms with Gasteiger partial charge in [0.2, 0.25) is 11.7 Å². The summed E-state index contributed by atoms with van der Waals surface area (Å²) in [6.45, 7) is 3.90. The monoisotopic (exact) mass is 396 g/mol. The topological polar surface area (TPSA) is 87.5 Å². The van der Waals surface area contributed by atoms with Crippen LogP contribution in [0.3, 0.4) is 0 Å². The van der Waals surface area contributed by atoms with Crippen LogP contribution in [0.15, 0.2) is 36.5 Å². The van der Waals surface area contributed by atoms with Crippen LogP contribution in [-0.4, -0.2) is 42.0 Å². The van der Waals surface area contributed by atoms with E-state index in [0.29, 0.717) is 28.8 Å². The van der Waals surface area contributed by atoms with Crippen molar-refractivity contribution in [2.75, 3.05) is 26.6 Å². The van der Waals surface area contributed by atoms with Gasteiger partial charge in [0.1, 0.15) is 0 Å². The van der Waals surface area contributed by atoms with Crippen molar-refractivity contribution in [2.24, 2.45) is 0 Å². The molecule has 1 amide bonds. The predicted octanol–water partition coefficient (Wildman–Crippen LogP) is 3.09. The summed E-state index contributed by atoms with van der Waals surface area (Å²) in [6, 6.07) is 9.10. The highest BCUT2D eigenvalue weighted by Gasteiger charge is 2.15. The SMILES string of the molecule is COc1cc(CC(=O)Nc2ccc(-n3nc(C)cc3C)nc2)cc(OC)c1OC. The van der Waals surface area contributed by atoms with E-state index < -0.39 is 0 Å². The second kappa shape index (κ2) is 8.64. The van der Waals surface area contributed by atoms with Gasteiger partial charge in [-0.05, 0) is 49.7 Å². The fourth-order valence-electron chi connectivity index (χ4n) is 3.07. The maximum Gasteiger partial charge on any atom is 0.228 e. The molecule has 2 heterocycles. The number of rotatable bonds is 7. The minimum absolute atomic E-state index is 0.149. The van der Waals surface area contributed by atoms with Gasteiger partial charge in [0, 0.05) is 5.69 Å². The summed E-state index contributed by atoms with van der Waals surface area (Å²) >= 11 is 0. The van der Waals surface area contributed by atoms with Gasteiger partial charge in [0.15, 0.2) is 17.3 Å². The van der Waals surface area contributed by atoms with Gasteiger partial charge in [-0.15, -0.1) is 0 Å². The number of carbonyl (C=O) groups is 1. The molecule has 0 unspecified atom stereocenters. The van der Waals surface area contributed by atoms with Gasteiger partial charge in [0.25, 0.3) is 0 Å². The van der Waals surface area contributed by atoms with E-state index in [1.807, 2.05) is 26.0 Å². The third kappa shape index (κ3) is 4.48. The predicted molar refractivity (Wildman–Crippen MR) is 109 cm³/mol. The second-order valence-corrected chi connectivity index (χ2v) is 6.50. The Bertz CT molecular complexity index is 987. The van der Waals surface area contributed by atoms with Gasteiger partial charge in [0.05, 0.1) is 45.3 Å². The average molecular weight is 396 g/mol. The largest absolute Gasteiger partial charge is 0.493 e. The zero-order valence-electron chi connectivity index (χ0n) is 17.1. The molecule has 2 aromatic heterocycles. The van der Waals surface area contributed by atoms with Crippen LogP contribution in [0.1, 0.15) is 17.0 Å². The van der Waals surface area contributed by atoms with Crippen LogP contribution < -0.4 is 19.5 Å². The Morgan fingerprint density at radius 3 is 2.21 bits per heavy atom. The summed E-state index contributed by atoms with van der Waals surface area (Å²) in [4.78, 5) is 16.9. The molecule has 0 radical (unpaired) electrons. The molecule has 8 heteroatoms. The normalized spacial score (nSPS) is 10.5. The molecule has 1 N–H and O–H groups in total. The van der Waals surface area contributed by atoms with Crippen LogP contribution in [0.2, 0.25) is 0 Å². The van der Waals surface area contributed by atoms with Gasteiger partial charge in [-0.25, -0.2) is 9.67 Å². The van der Waals surface area contributed by atoms with Gasteiger partial charge in [-0.3, -0.25) is 4.79 Å². The molecule has 1 aromatic carbocycles. The third-order valence-corrected chi connectivity index (χ3v) is 4.35.